The third kappa shape index (κ3) is 5.15. The lowest BCUT2D eigenvalue weighted by Crippen LogP contribution is -2.62. The van der Waals surface area contributed by atoms with Gasteiger partial charge in [-0.05, 0) is 28.0 Å². The van der Waals surface area contributed by atoms with Crippen LogP contribution in [0.1, 0.15) is 21.5 Å². The molecule has 0 unspecified atom stereocenters. The lowest BCUT2D eigenvalue weighted by atomic mass is 9.96. The minimum Gasteiger partial charge on any atom is -0.368 e. The number of ether oxygens (including phenoxy) is 4. The van der Waals surface area contributed by atoms with Crippen LogP contribution in [0, 0.1) is 0 Å². The average Bonchev–Trinajstić information content (AvgIpc) is 3.38. The first-order valence-corrected chi connectivity index (χ1v) is 12.6. The van der Waals surface area contributed by atoms with Crippen LogP contribution in [0.2, 0.25) is 0 Å². The summed E-state index contributed by atoms with van der Waals surface area (Å²) in [5.41, 5.74) is 2.69. The highest BCUT2D eigenvalue weighted by Crippen LogP contribution is 2.33. The van der Waals surface area contributed by atoms with Crippen LogP contribution in [0.25, 0.3) is 10.8 Å². The van der Waals surface area contributed by atoms with Gasteiger partial charge in [0.25, 0.3) is 5.91 Å². The molecule has 6 rings (SSSR count). The van der Waals surface area contributed by atoms with E-state index in [1.807, 2.05) is 103 Å². The molecule has 2 aliphatic heterocycles. The van der Waals surface area contributed by atoms with Gasteiger partial charge >= 0.3 is 0 Å². The SMILES string of the molecule is O=C(N[C@@H]1[C@@H](OCc2ccccc2)[C@@H]2OC[C@@H](O2)[C@H]1OCc1ccccc1)c1cccc2ccccc12. The Morgan fingerprint density at radius 1 is 0.757 bits per heavy atom. The van der Waals surface area contributed by atoms with Gasteiger partial charge in [-0.3, -0.25) is 4.79 Å². The predicted octanol–water partition coefficient (Wildman–Crippen LogP) is 4.86. The summed E-state index contributed by atoms with van der Waals surface area (Å²) >= 11 is 0. The molecule has 2 aliphatic rings. The summed E-state index contributed by atoms with van der Waals surface area (Å²) in [4.78, 5) is 13.7. The lowest BCUT2D eigenvalue weighted by molar-refractivity contribution is -0.223. The van der Waals surface area contributed by atoms with E-state index in [2.05, 4.69) is 5.32 Å². The molecule has 5 atom stereocenters. The largest absolute Gasteiger partial charge is 0.368 e. The molecule has 0 aliphatic carbocycles. The van der Waals surface area contributed by atoms with Crippen LogP contribution in [0.4, 0.5) is 0 Å². The Morgan fingerprint density at radius 2 is 1.38 bits per heavy atom. The zero-order chi connectivity index (χ0) is 25.0. The zero-order valence-electron chi connectivity index (χ0n) is 20.4. The van der Waals surface area contributed by atoms with Crippen molar-refractivity contribution in [2.75, 3.05) is 6.61 Å². The van der Waals surface area contributed by atoms with Crippen LogP contribution < -0.4 is 5.32 Å². The minimum atomic E-state index is -0.580. The van der Waals surface area contributed by atoms with E-state index < -0.39 is 24.5 Å². The molecule has 0 saturated carbocycles. The summed E-state index contributed by atoms with van der Waals surface area (Å²) in [6, 6.07) is 33.1. The molecule has 0 aromatic heterocycles. The smallest absolute Gasteiger partial charge is 0.252 e. The van der Waals surface area contributed by atoms with E-state index >= 15 is 0 Å². The third-order valence-corrected chi connectivity index (χ3v) is 6.98. The quantitative estimate of drug-likeness (QED) is 0.378. The fraction of sp³-hybridized carbons (Fsp3) is 0.258. The van der Waals surface area contributed by atoms with Gasteiger partial charge in [-0.2, -0.15) is 0 Å². The van der Waals surface area contributed by atoms with Crippen molar-refractivity contribution in [1.29, 1.82) is 0 Å². The molecule has 2 fully saturated rings. The van der Waals surface area contributed by atoms with Crippen molar-refractivity contribution in [1.82, 2.24) is 5.32 Å². The van der Waals surface area contributed by atoms with Crippen LogP contribution in [-0.4, -0.2) is 43.2 Å². The summed E-state index contributed by atoms with van der Waals surface area (Å²) in [5, 5.41) is 5.17. The second kappa shape index (κ2) is 10.8. The normalized spacial score (nSPS) is 24.7. The van der Waals surface area contributed by atoms with E-state index in [1.54, 1.807) is 0 Å². The molecule has 6 nitrogen and oxygen atoms in total. The third-order valence-electron chi connectivity index (χ3n) is 6.98. The number of fused-ring (bicyclic) bond motifs is 3. The molecule has 0 radical (unpaired) electrons. The molecular weight excluding hydrogens is 466 g/mol. The van der Waals surface area contributed by atoms with E-state index in [9.17, 15) is 4.79 Å². The Morgan fingerprint density at radius 3 is 2.11 bits per heavy atom. The summed E-state index contributed by atoms with van der Waals surface area (Å²) in [6.45, 7) is 1.14. The van der Waals surface area contributed by atoms with Crippen molar-refractivity contribution in [2.24, 2.45) is 0 Å². The fourth-order valence-corrected chi connectivity index (χ4v) is 5.12. The molecule has 1 amide bonds. The van der Waals surface area contributed by atoms with Crippen molar-refractivity contribution < 1.29 is 23.7 Å². The molecule has 2 bridgehead atoms. The number of carbonyl (C=O) groups excluding carboxylic acids is 1. The van der Waals surface area contributed by atoms with Gasteiger partial charge in [0.15, 0.2) is 6.29 Å². The molecule has 4 aromatic carbocycles. The summed E-state index contributed by atoms with van der Waals surface area (Å²) < 4.78 is 24.9. The van der Waals surface area contributed by atoms with Crippen LogP contribution in [-0.2, 0) is 32.2 Å². The molecule has 6 heteroatoms. The predicted molar refractivity (Wildman–Crippen MR) is 140 cm³/mol. The second-order valence-electron chi connectivity index (χ2n) is 9.42. The maximum absolute atomic E-state index is 13.7. The minimum absolute atomic E-state index is 0.176. The summed E-state index contributed by atoms with van der Waals surface area (Å²) in [7, 11) is 0. The molecular formula is C31H29NO5. The van der Waals surface area contributed by atoms with E-state index in [-0.39, 0.29) is 12.0 Å². The van der Waals surface area contributed by atoms with Gasteiger partial charge in [0, 0.05) is 5.56 Å². The summed E-state index contributed by atoms with van der Waals surface area (Å²) in [6.07, 6.45) is -1.87. The average molecular weight is 496 g/mol. The van der Waals surface area contributed by atoms with Crippen molar-refractivity contribution in [2.45, 2.75) is 43.9 Å². The van der Waals surface area contributed by atoms with Gasteiger partial charge in [0.05, 0.1) is 25.9 Å². The van der Waals surface area contributed by atoms with E-state index in [0.29, 0.717) is 25.4 Å². The maximum atomic E-state index is 13.7. The molecule has 2 heterocycles. The van der Waals surface area contributed by atoms with Gasteiger partial charge in [-0.25, -0.2) is 0 Å². The van der Waals surface area contributed by atoms with Crippen molar-refractivity contribution in [3.63, 3.8) is 0 Å². The van der Waals surface area contributed by atoms with Crippen LogP contribution in [0.5, 0.6) is 0 Å². The molecule has 0 spiro atoms. The Hall–Kier alpha value is -3.55. The Bertz CT molecular complexity index is 1280. The number of amides is 1. The first kappa shape index (κ1) is 23.8. The zero-order valence-corrected chi connectivity index (χ0v) is 20.4. The monoisotopic (exact) mass is 495 g/mol. The number of nitrogens with one attached hydrogen (secondary N) is 1. The maximum Gasteiger partial charge on any atom is 0.252 e. The van der Waals surface area contributed by atoms with Crippen LogP contribution >= 0.6 is 0 Å². The van der Waals surface area contributed by atoms with Crippen LogP contribution in [0.3, 0.4) is 0 Å². The number of hydrogen-bond donors (Lipinski definition) is 1. The second-order valence-corrected chi connectivity index (χ2v) is 9.42. The van der Waals surface area contributed by atoms with Crippen LogP contribution in [0.15, 0.2) is 103 Å². The van der Waals surface area contributed by atoms with E-state index in [0.717, 1.165) is 21.9 Å². The van der Waals surface area contributed by atoms with Crippen molar-refractivity contribution in [3.8, 4) is 0 Å². The Kier molecular flexibility index (Phi) is 6.97. The van der Waals surface area contributed by atoms with Gasteiger partial charge in [-0.15, -0.1) is 0 Å². The fourth-order valence-electron chi connectivity index (χ4n) is 5.12. The number of carbonyl (C=O) groups is 1. The highest BCUT2D eigenvalue weighted by molar-refractivity contribution is 6.07. The van der Waals surface area contributed by atoms with Gasteiger partial charge in [0.1, 0.15) is 18.3 Å². The molecule has 2 saturated heterocycles. The van der Waals surface area contributed by atoms with Crippen molar-refractivity contribution in [3.05, 3.63) is 120 Å². The lowest BCUT2D eigenvalue weighted by Gasteiger charge is -2.41. The highest BCUT2D eigenvalue weighted by Gasteiger charge is 2.52. The van der Waals surface area contributed by atoms with Crippen molar-refractivity contribution >= 4 is 16.7 Å². The van der Waals surface area contributed by atoms with E-state index in [1.165, 1.54) is 0 Å². The summed E-state index contributed by atoms with van der Waals surface area (Å²) in [5.74, 6) is -0.176. The Balaban J connectivity index is 1.29. The van der Waals surface area contributed by atoms with Gasteiger partial charge in [-0.1, -0.05) is 97.1 Å². The molecule has 188 valence electrons. The number of benzene rings is 4. The first-order chi connectivity index (χ1) is 18.3. The van der Waals surface area contributed by atoms with E-state index in [4.69, 9.17) is 18.9 Å². The molecule has 37 heavy (non-hydrogen) atoms. The first-order valence-electron chi connectivity index (χ1n) is 12.6. The van der Waals surface area contributed by atoms with Gasteiger partial charge < -0.3 is 24.3 Å². The number of hydrogen-bond acceptors (Lipinski definition) is 5. The number of rotatable bonds is 8. The standard InChI is InChI=1S/C31H29NO5/c33-30(25-17-9-15-23-14-7-8-16-24(23)25)32-27-28(34-18-21-10-3-1-4-11-21)26-20-36-31(37-26)29(27)35-19-22-12-5-2-6-13-22/h1-17,26-29,31H,18-20H2,(H,32,33)/t26-,27+,28-,29-,31-/m1/s1. The highest BCUT2D eigenvalue weighted by atomic mass is 16.8. The van der Waals surface area contributed by atoms with Gasteiger partial charge in [0.2, 0.25) is 0 Å². The Labute approximate surface area is 216 Å². The topological polar surface area (TPSA) is 66.0 Å². The molecule has 1 N–H and O–H groups in total. The molecule has 4 aromatic rings.